The average Bonchev–Trinajstić information content (AvgIpc) is 3.09. The number of aryl methyl sites for hydroxylation is 1. The smallest absolute Gasteiger partial charge is 0.339 e. The lowest BCUT2D eigenvalue weighted by Gasteiger charge is -2.13. The number of carbonyl (C=O) groups excluding carboxylic acids is 2. The zero-order chi connectivity index (χ0) is 26.9. The van der Waals surface area contributed by atoms with Gasteiger partial charge in [0.05, 0.1) is 16.4 Å². The van der Waals surface area contributed by atoms with Crippen molar-refractivity contribution in [2.45, 2.75) is 18.4 Å². The van der Waals surface area contributed by atoms with Gasteiger partial charge in [-0.1, -0.05) is 47.5 Å². The fraction of sp³-hybridized carbons (Fsp3) is 0.0833. The van der Waals surface area contributed by atoms with Crippen LogP contribution in [-0.4, -0.2) is 29.4 Å². The van der Waals surface area contributed by atoms with E-state index < -0.39 is 26.2 Å². The molecule has 4 rings (SSSR count). The Morgan fingerprint density at radius 2 is 1.76 bits per heavy atom. The first kappa shape index (κ1) is 26.7. The molecule has 1 aliphatic heterocycles. The van der Waals surface area contributed by atoms with Crippen molar-refractivity contribution in [1.82, 2.24) is 4.90 Å². The average molecular weight is 579 g/mol. The van der Waals surface area contributed by atoms with Crippen LogP contribution in [-0.2, 0) is 21.5 Å². The number of nitro benzene ring substituents is 1. The van der Waals surface area contributed by atoms with Crippen molar-refractivity contribution in [3.63, 3.8) is 0 Å². The summed E-state index contributed by atoms with van der Waals surface area (Å²) in [5, 5.41) is 11.4. The molecule has 1 aliphatic rings. The highest BCUT2D eigenvalue weighted by Crippen LogP contribution is 2.35. The standard InChI is InChI=1S/C24H16Cl2N2O7S2/c1-14-2-9-19(12-21(14)28(31)32)37(33,34)35-18-7-3-15(4-8-18)10-22-23(29)27(24(30)36-22)13-16-5-6-17(25)11-20(16)26/h2-12H,13H2,1H3/b22-10-. The Kier molecular flexibility index (Phi) is 7.60. The third-order valence-electron chi connectivity index (χ3n) is 5.27. The maximum absolute atomic E-state index is 12.8. The highest BCUT2D eigenvalue weighted by molar-refractivity contribution is 8.18. The number of halogens is 2. The Balaban J connectivity index is 1.49. The van der Waals surface area contributed by atoms with Crippen LogP contribution in [0.4, 0.5) is 10.5 Å². The van der Waals surface area contributed by atoms with Gasteiger partial charge in [0.1, 0.15) is 10.6 Å². The van der Waals surface area contributed by atoms with E-state index in [0.717, 1.165) is 22.7 Å². The predicted octanol–water partition coefficient (Wildman–Crippen LogP) is 6.21. The van der Waals surface area contributed by atoms with E-state index in [0.29, 0.717) is 26.7 Å². The van der Waals surface area contributed by atoms with Crippen LogP contribution < -0.4 is 4.18 Å². The number of nitrogens with zero attached hydrogens (tertiary/aromatic N) is 2. The number of nitro groups is 1. The van der Waals surface area contributed by atoms with Crippen LogP contribution in [0.3, 0.4) is 0 Å². The molecule has 1 fully saturated rings. The first-order valence-corrected chi connectivity index (χ1v) is 13.4. The molecule has 3 aromatic carbocycles. The molecule has 37 heavy (non-hydrogen) atoms. The van der Waals surface area contributed by atoms with Gasteiger partial charge < -0.3 is 4.18 Å². The molecule has 0 unspecified atom stereocenters. The highest BCUT2D eigenvalue weighted by atomic mass is 35.5. The van der Waals surface area contributed by atoms with Gasteiger partial charge in [0.25, 0.3) is 16.8 Å². The second-order valence-electron chi connectivity index (χ2n) is 7.82. The van der Waals surface area contributed by atoms with E-state index >= 15 is 0 Å². The zero-order valence-electron chi connectivity index (χ0n) is 18.9. The van der Waals surface area contributed by atoms with E-state index in [-0.39, 0.29) is 27.8 Å². The molecular formula is C24H16Cl2N2O7S2. The van der Waals surface area contributed by atoms with Crippen LogP contribution in [0.25, 0.3) is 6.08 Å². The number of hydrogen-bond donors (Lipinski definition) is 0. The largest absolute Gasteiger partial charge is 0.379 e. The minimum atomic E-state index is -4.33. The summed E-state index contributed by atoms with van der Waals surface area (Å²) in [4.78, 5) is 36.6. The maximum Gasteiger partial charge on any atom is 0.339 e. The Labute approximate surface area is 225 Å². The Bertz CT molecular complexity index is 1570. The van der Waals surface area contributed by atoms with E-state index in [4.69, 9.17) is 27.4 Å². The number of imide groups is 1. The SMILES string of the molecule is Cc1ccc(S(=O)(=O)Oc2ccc(/C=C3\SC(=O)N(Cc4ccc(Cl)cc4Cl)C3=O)cc2)cc1[N+](=O)[O-]. The van der Waals surface area contributed by atoms with Gasteiger partial charge in [-0.2, -0.15) is 8.42 Å². The van der Waals surface area contributed by atoms with Gasteiger partial charge in [-0.15, -0.1) is 0 Å². The molecule has 13 heteroatoms. The third kappa shape index (κ3) is 5.96. The molecule has 0 atom stereocenters. The summed E-state index contributed by atoms with van der Waals surface area (Å²) >= 11 is 12.8. The molecule has 0 bridgehead atoms. The molecule has 2 amide bonds. The second kappa shape index (κ2) is 10.5. The van der Waals surface area contributed by atoms with Crippen molar-refractivity contribution < 1.29 is 27.1 Å². The number of rotatable bonds is 7. The highest BCUT2D eigenvalue weighted by Gasteiger charge is 2.35. The Morgan fingerprint density at radius 3 is 2.41 bits per heavy atom. The van der Waals surface area contributed by atoms with Crippen molar-refractivity contribution in [1.29, 1.82) is 0 Å². The van der Waals surface area contributed by atoms with Crippen LogP contribution in [0.5, 0.6) is 5.75 Å². The molecule has 0 aliphatic carbocycles. The monoisotopic (exact) mass is 578 g/mol. The van der Waals surface area contributed by atoms with Crippen molar-refractivity contribution in [3.8, 4) is 5.75 Å². The fourth-order valence-corrected chi connectivity index (χ4v) is 5.60. The van der Waals surface area contributed by atoms with Crippen molar-refractivity contribution in [2.24, 2.45) is 0 Å². The van der Waals surface area contributed by atoms with Crippen molar-refractivity contribution >= 4 is 68.0 Å². The first-order chi connectivity index (χ1) is 17.4. The van der Waals surface area contributed by atoms with Gasteiger partial charge in [-0.05, 0) is 66.2 Å². The molecule has 1 heterocycles. The van der Waals surface area contributed by atoms with Crippen LogP contribution in [0, 0.1) is 17.0 Å². The summed E-state index contributed by atoms with van der Waals surface area (Å²) in [5.41, 5.74) is 1.06. The van der Waals surface area contributed by atoms with Gasteiger partial charge >= 0.3 is 10.1 Å². The topological polar surface area (TPSA) is 124 Å². The van der Waals surface area contributed by atoms with E-state index in [9.17, 15) is 28.1 Å². The summed E-state index contributed by atoms with van der Waals surface area (Å²) in [6.45, 7) is 1.48. The van der Waals surface area contributed by atoms with Gasteiger partial charge in [0.2, 0.25) is 0 Å². The molecule has 190 valence electrons. The summed E-state index contributed by atoms with van der Waals surface area (Å²) < 4.78 is 30.3. The molecule has 0 aromatic heterocycles. The first-order valence-electron chi connectivity index (χ1n) is 10.4. The van der Waals surface area contributed by atoms with E-state index in [1.165, 1.54) is 55.5 Å². The van der Waals surface area contributed by atoms with Gasteiger partial charge in [-0.25, -0.2) is 0 Å². The number of hydrogen-bond acceptors (Lipinski definition) is 8. The summed E-state index contributed by atoms with van der Waals surface area (Å²) in [5.74, 6) is -0.532. The second-order valence-corrected chi connectivity index (χ2v) is 11.2. The van der Waals surface area contributed by atoms with Crippen molar-refractivity contribution in [2.75, 3.05) is 0 Å². The maximum atomic E-state index is 12.8. The van der Waals surface area contributed by atoms with Crippen LogP contribution >= 0.6 is 35.0 Å². The van der Waals surface area contributed by atoms with Crippen LogP contribution in [0.15, 0.2) is 70.5 Å². The predicted molar refractivity (Wildman–Crippen MR) is 140 cm³/mol. The van der Waals surface area contributed by atoms with Gasteiger partial charge in [-0.3, -0.25) is 24.6 Å². The molecule has 9 nitrogen and oxygen atoms in total. The van der Waals surface area contributed by atoms with E-state index in [1.54, 1.807) is 12.1 Å². The minimum Gasteiger partial charge on any atom is -0.379 e. The lowest BCUT2D eigenvalue weighted by molar-refractivity contribution is -0.385. The van der Waals surface area contributed by atoms with E-state index in [1.807, 2.05) is 0 Å². The van der Waals surface area contributed by atoms with Crippen LogP contribution in [0.1, 0.15) is 16.7 Å². The Hall–Kier alpha value is -3.38. The molecule has 0 radical (unpaired) electrons. The summed E-state index contributed by atoms with van der Waals surface area (Å²) in [6.07, 6.45) is 1.50. The molecule has 0 spiro atoms. The summed E-state index contributed by atoms with van der Waals surface area (Å²) in [6, 6.07) is 14.0. The normalized spacial score (nSPS) is 14.9. The zero-order valence-corrected chi connectivity index (χ0v) is 22.0. The van der Waals surface area contributed by atoms with Gasteiger partial charge in [0.15, 0.2) is 0 Å². The Morgan fingerprint density at radius 1 is 1.05 bits per heavy atom. The van der Waals surface area contributed by atoms with Gasteiger partial charge in [0, 0.05) is 21.7 Å². The van der Waals surface area contributed by atoms with E-state index in [2.05, 4.69) is 0 Å². The molecule has 3 aromatic rings. The third-order valence-corrected chi connectivity index (χ3v) is 8.00. The molecule has 1 saturated heterocycles. The number of carbonyl (C=O) groups is 2. The fourth-order valence-electron chi connectivity index (χ4n) is 3.34. The number of amides is 2. The molecule has 0 saturated carbocycles. The minimum absolute atomic E-state index is 0.0141. The molecular weight excluding hydrogens is 563 g/mol. The summed E-state index contributed by atoms with van der Waals surface area (Å²) in [7, 11) is -4.33. The number of thioether (sulfide) groups is 1. The quantitative estimate of drug-likeness (QED) is 0.140. The van der Waals surface area contributed by atoms with Crippen LogP contribution in [0.2, 0.25) is 10.0 Å². The lowest BCUT2D eigenvalue weighted by atomic mass is 10.2. The number of benzene rings is 3. The molecule has 0 N–H and O–H groups in total. The lowest BCUT2D eigenvalue weighted by Crippen LogP contribution is -2.27. The van der Waals surface area contributed by atoms with Crippen molar-refractivity contribution in [3.05, 3.63) is 102 Å².